The molecule has 1 fully saturated rings. The predicted octanol–water partition coefficient (Wildman–Crippen LogP) is 2.87. The van der Waals surface area contributed by atoms with E-state index in [9.17, 15) is 5.11 Å². The molecule has 0 saturated carbocycles. The van der Waals surface area contributed by atoms with E-state index >= 15 is 0 Å². The number of ether oxygens (including phenoxy) is 1. The second-order valence-electron chi connectivity index (χ2n) is 5.37. The molecule has 1 saturated heterocycles. The molecule has 3 nitrogen and oxygen atoms in total. The standard InChI is InChI=1S/C15H22ClNO2/c1-11-9-17(10-12(2)19-11)8-7-15(18)13-3-5-14(16)6-4-13/h3-6,11-12,15,18H,7-10H2,1-2H3/t11-,12+,15?. The van der Waals surface area contributed by atoms with Gasteiger partial charge in [0.15, 0.2) is 0 Å². The van der Waals surface area contributed by atoms with Crippen LogP contribution in [0, 0.1) is 0 Å². The summed E-state index contributed by atoms with van der Waals surface area (Å²) in [6.45, 7) is 6.97. The van der Waals surface area contributed by atoms with Crippen LogP contribution in [0.4, 0.5) is 0 Å². The van der Waals surface area contributed by atoms with Gasteiger partial charge in [-0.3, -0.25) is 4.90 Å². The number of nitrogens with zero attached hydrogens (tertiary/aromatic N) is 1. The van der Waals surface area contributed by atoms with Crippen molar-refractivity contribution in [1.29, 1.82) is 0 Å². The number of morpholine rings is 1. The van der Waals surface area contributed by atoms with Crippen LogP contribution in [-0.2, 0) is 4.74 Å². The van der Waals surface area contributed by atoms with Gasteiger partial charge in [0.2, 0.25) is 0 Å². The van der Waals surface area contributed by atoms with Crippen LogP contribution in [0.15, 0.2) is 24.3 Å². The maximum atomic E-state index is 10.2. The van der Waals surface area contributed by atoms with Crippen molar-refractivity contribution >= 4 is 11.6 Å². The maximum Gasteiger partial charge on any atom is 0.0802 e. The van der Waals surface area contributed by atoms with E-state index in [1.807, 2.05) is 24.3 Å². The first-order valence-corrected chi connectivity index (χ1v) is 7.23. The lowest BCUT2D eigenvalue weighted by molar-refractivity contribution is -0.0702. The summed E-state index contributed by atoms with van der Waals surface area (Å²) < 4.78 is 5.70. The Morgan fingerprint density at radius 3 is 2.42 bits per heavy atom. The zero-order valence-electron chi connectivity index (χ0n) is 11.6. The molecular formula is C15H22ClNO2. The van der Waals surface area contributed by atoms with Crippen molar-refractivity contribution in [3.05, 3.63) is 34.9 Å². The minimum Gasteiger partial charge on any atom is -0.388 e. The number of aliphatic hydroxyl groups excluding tert-OH is 1. The van der Waals surface area contributed by atoms with Gasteiger partial charge in [-0.1, -0.05) is 23.7 Å². The van der Waals surface area contributed by atoms with E-state index in [2.05, 4.69) is 18.7 Å². The summed E-state index contributed by atoms with van der Waals surface area (Å²) in [4.78, 5) is 2.36. The Morgan fingerprint density at radius 1 is 1.26 bits per heavy atom. The van der Waals surface area contributed by atoms with E-state index in [1.54, 1.807) is 0 Å². The molecule has 0 bridgehead atoms. The van der Waals surface area contributed by atoms with E-state index in [0.717, 1.165) is 31.6 Å². The number of rotatable bonds is 4. The molecular weight excluding hydrogens is 262 g/mol. The Morgan fingerprint density at radius 2 is 1.84 bits per heavy atom. The monoisotopic (exact) mass is 283 g/mol. The largest absolute Gasteiger partial charge is 0.388 e. The van der Waals surface area contributed by atoms with E-state index in [-0.39, 0.29) is 12.2 Å². The summed E-state index contributed by atoms with van der Waals surface area (Å²) >= 11 is 5.84. The van der Waals surface area contributed by atoms with E-state index in [0.29, 0.717) is 5.02 Å². The maximum absolute atomic E-state index is 10.2. The number of hydrogen-bond donors (Lipinski definition) is 1. The third-order valence-corrected chi connectivity index (χ3v) is 3.72. The van der Waals surface area contributed by atoms with Gasteiger partial charge in [0.1, 0.15) is 0 Å². The zero-order valence-corrected chi connectivity index (χ0v) is 12.3. The second-order valence-corrected chi connectivity index (χ2v) is 5.81. The minimum absolute atomic E-state index is 0.274. The van der Waals surface area contributed by atoms with Gasteiger partial charge in [0, 0.05) is 24.7 Å². The first kappa shape index (κ1) is 14.8. The molecule has 1 aliphatic rings. The summed E-state index contributed by atoms with van der Waals surface area (Å²) in [7, 11) is 0. The molecule has 0 spiro atoms. The van der Waals surface area contributed by atoms with Gasteiger partial charge in [-0.25, -0.2) is 0 Å². The van der Waals surface area contributed by atoms with Crippen LogP contribution in [0.25, 0.3) is 0 Å². The van der Waals surface area contributed by atoms with Crippen LogP contribution in [0.5, 0.6) is 0 Å². The molecule has 1 unspecified atom stereocenters. The predicted molar refractivity (Wildman–Crippen MR) is 77.5 cm³/mol. The quantitative estimate of drug-likeness (QED) is 0.922. The van der Waals surface area contributed by atoms with Crippen LogP contribution in [0.2, 0.25) is 5.02 Å². The van der Waals surface area contributed by atoms with Gasteiger partial charge in [-0.05, 0) is 38.0 Å². The smallest absolute Gasteiger partial charge is 0.0802 e. The lowest BCUT2D eigenvalue weighted by Gasteiger charge is -2.35. The first-order valence-electron chi connectivity index (χ1n) is 6.86. The van der Waals surface area contributed by atoms with Crippen molar-refractivity contribution in [1.82, 2.24) is 4.90 Å². The van der Waals surface area contributed by atoms with Gasteiger partial charge in [0.05, 0.1) is 18.3 Å². The number of halogens is 1. The summed E-state index contributed by atoms with van der Waals surface area (Å²) in [5, 5.41) is 10.9. The second kappa shape index (κ2) is 6.71. The number of aliphatic hydroxyl groups is 1. The highest BCUT2D eigenvalue weighted by Gasteiger charge is 2.22. The summed E-state index contributed by atoms with van der Waals surface area (Å²) in [5.41, 5.74) is 0.929. The van der Waals surface area contributed by atoms with Crippen molar-refractivity contribution in [3.8, 4) is 0 Å². The molecule has 0 aliphatic carbocycles. The zero-order chi connectivity index (χ0) is 13.8. The van der Waals surface area contributed by atoms with Crippen molar-refractivity contribution in [2.75, 3.05) is 19.6 Å². The van der Waals surface area contributed by atoms with Gasteiger partial charge in [-0.15, -0.1) is 0 Å². The van der Waals surface area contributed by atoms with E-state index < -0.39 is 6.10 Å². The van der Waals surface area contributed by atoms with Crippen LogP contribution in [0.3, 0.4) is 0 Å². The lowest BCUT2D eigenvalue weighted by atomic mass is 10.1. The number of benzene rings is 1. The van der Waals surface area contributed by atoms with Crippen LogP contribution >= 0.6 is 11.6 Å². The molecule has 0 aromatic heterocycles. The molecule has 106 valence electrons. The Bertz CT molecular complexity index is 386. The van der Waals surface area contributed by atoms with Crippen molar-refractivity contribution in [2.24, 2.45) is 0 Å². The average Bonchev–Trinajstić information content (AvgIpc) is 2.36. The van der Waals surface area contributed by atoms with Crippen LogP contribution in [0.1, 0.15) is 31.9 Å². The van der Waals surface area contributed by atoms with Gasteiger partial charge >= 0.3 is 0 Å². The fourth-order valence-corrected chi connectivity index (χ4v) is 2.75. The first-order chi connectivity index (χ1) is 9.04. The van der Waals surface area contributed by atoms with Gasteiger partial charge in [-0.2, -0.15) is 0 Å². The highest BCUT2D eigenvalue weighted by atomic mass is 35.5. The van der Waals surface area contributed by atoms with Crippen molar-refractivity contribution in [3.63, 3.8) is 0 Å². The van der Waals surface area contributed by atoms with E-state index in [1.165, 1.54) is 0 Å². The molecule has 1 heterocycles. The average molecular weight is 284 g/mol. The highest BCUT2D eigenvalue weighted by molar-refractivity contribution is 6.30. The van der Waals surface area contributed by atoms with Crippen LogP contribution < -0.4 is 0 Å². The Kier molecular flexibility index (Phi) is 5.22. The molecule has 1 aliphatic heterocycles. The van der Waals surface area contributed by atoms with E-state index in [4.69, 9.17) is 16.3 Å². The molecule has 2 rings (SSSR count). The molecule has 4 heteroatoms. The SMILES string of the molecule is C[C@@H]1CN(CCC(O)c2ccc(Cl)cc2)C[C@H](C)O1. The highest BCUT2D eigenvalue weighted by Crippen LogP contribution is 2.20. The molecule has 0 radical (unpaired) electrons. The summed E-state index contributed by atoms with van der Waals surface area (Å²) in [6, 6.07) is 7.41. The molecule has 19 heavy (non-hydrogen) atoms. The molecule has 1 N–H and O–H groups in total. The van der Waals surface area contributed by atoms with Crippen LogP contribution in [-0.4, -0.2) is 41.8 Å². The van der Waals surface area contributed by atoms with Gasteiger partial charge < -0.3 is 9.84 Å². The number of hydrogen-bond acceptors (Lipinski definition) is 3. The summed E-state index contributed by atoms with van der Waals surface area (Å²) in [6.07, 6.45) is 0.861. The lowest BCUT2D eigenvalue weighted by Crippen LogP contribution is -2.45. The fourth-order valence-electron chi connectivity index (χ4n) is 2.62. The normalized spacial score (nSPS) is 26.3. The Balaban J connectivity index is 1.83. The van der Waals surface area contributed by atoms with Crippen molar-refractivity contribution in [2.45, 2.75) is 38.6 Å². The topological polar surface area (TPSA) is 32.7 Å². The third kappa shape index (κ3) is 4.46. The molecule has 3 atom stereocenters. The molecule has 1 aromatic rings. The van der Waals surface area contributed by atoms with Gasteiger partial charge in [0.25, 0.3) is 0 Å². The Hall–Kier alpha value is -0.610. The Labute approximate surface area is 120 Å². The molecule has 1 aromatic carbocycles. The van der Waals surface area contributed by atoms with Crippen molar-refractivity contribution < 1.29 is 9.84 Å². The molecule has 0 amide bonds. The summed E-state index contributed by atoms with van der Waals surface area (Å²) in [5.74, 6) is 0. The fraction of sp³-hybridized carbons (Fsp3) is 0.600. The minimum atomic E-state index is -0.425. The third-order valence-electron chi connectivity index (χ3n) is 3.47.